The van der Waals surface area contributed by atoms with E-state index in [2.05, 4.69) is 9.88 Å². The molecule has 12 heteroatoms. The van der Waals surface area contributed by atoms with E-state index in [-0.39, 0.29) is 24.5 Å². The van der Waals surface area contributed by atoms with E-state index in [1.165, 1.54) is 6.07 Å². The molecule has 0 bridgehead atoms. The summed E-state index contributed by atoms with van der Waals surface area (Å²) < 4.78 is 53.4. The van der Waals surface area contributed by atoms with E-state index < -0.39 is 17.6 Å². The minimum absolute atomic E-state index is 0.0767. The molecule has 41 heavy (non-hydrogen) atoms. The third-order valence-electron chi connectivity index (χ3n) is 7.79. The van der Waals surface area contributed by atoms with E-state index in [9.17, 15) is 22.4 Å². The van der Waals surface area contributed by atoms with Crippen LogP contribution in [0, 0.1) is 5.82 Å². The molecule has 5 rings (SSSR count). The molecule has 2 fully saturated rings. The molecule has 2 aromatic carbocycles. The minimum Gasteiger partial charge on any atom is -0.353 e. The van der Waals surface area contributed by atoms with Gasteiger partial charge in [0.05, 0.1) is 15.6 Å². The van der Waals surface area contributed by atoms with E-state index >= 15 is 0 Å². The van der Waals surface area contributed by atoms with Gasteiger partial charge in [-0.25, -0.2) is 14.2 Å². The monoisotopic (exact) mass is 609 g/mol. The lowest BCUT2D eigenvalue weighted by Gasteiger charge is -2.37. The van der Waals surface area contributed by atoms with Crippen molar-refractivity contribution in [3.05, 3.63) is 93.3 Å². The molecule has 3 heterocycles. The van der Waals surface area contributed by atoms with Crippen molar-refractivity contribution in [2.24, 2.45) is 0 Å². The molecule has 0 N–H and O–H groups in total. The Balaban J connectivity index is 1.32. The highest BCUT2D eigenvalue weighted by Gasteiger charge is 2.41. The summed E-state index contributed by atoms with van der Waals surface area (Å²) in [5.74, 6) is -0.577. The topological polar surface area (TPSA) is 42.9 Å². The number of amides is 2. The van der Waals surface area contributed by atoms with Crippen LogP contribution >= 0.6 is 23.2 Å². The van der Waals surface area contributed by atoms with Gasteiger partial charge in [-0.3, -0.25) is 4.90 Å². The lowest BCUT2D eigenvalue weighted by atomic mass is 9.93. The van der Waals surface area contributed by atoms with Crippen LogP contribution in [0.5, 0.6) is 0 Å². The second kappa shape index (κ2) is 12.0. The summed E-state index contributed by atoms with van der Waals surface area (Å²) in [5.41, 5.74) is 0.00444. The molecule has 0 unspecified atom stereocenters. The fourth-order valence-corrected chi connectivity index (χ4v) is 5.93. The highest BCUT2D eigenvalue weighted by atomic mass is 35.5. The molecule has 0 spiro atoms. The second-order valence-electron chi connectivity index (χ2n) is 10.4. The maximum Gasteiger partial charge on any atom is 0.419 e. The molecule has 3 aromatic rings. The van der Waals surface area contributed by atoms with Crippen molar-refractivity contribution in [2.75, 3.05) is 51.2 Å². The number of rotatable bonds is 5. The van der Waals surface area contributed by atoms with Gasteiger partial charge in [-0.2, -0.15) is 13.2 Å². The van der Waals surface area contributed by atoms with Crippen molar-refractivity contribution >= 4 is 35.1 Å². The van der Waals surface area contributed by atoms with Crippen LogP contribution in [0.4, 0.5) is 28.2 Å². The Morgan fingerprint density at radius 1 is 0.976 bits per heavy atom. The first-order valence-electron chi connectivity index (χ1n) is 13.2. The zero-order valence-electron chi connectivity index (χ0n) is 22.3. The van der Waals surface area contributed by atoms with Crippen molar-refractivity contribution in [3.8, 4) is 0 Å². The molecule has 2 amide bonds. The van der Waals surface area contributed by atoms with E-state index in [4.69, 9.17) is 23.2 Å². The molecule has 0 saturated carbocycles. The molecule has 2 aliphatic heterocycles. The molecule has 6 nitrogen and oxygen atoms in total. The van der Waals surface area contributed by atoms with Gasteiger partial charge in [-0.15, -0.1) is 0 Å². The van der Waals surface area contributed by atoms with E-state index in [0.29, 0.717) is 54.9 Å². The summed E-state index contributed by atoms with van der Waals surface area (Å²) in [7, 11) is 1.82. The number of benzene rings is 2. The first kappa shape index (κ1) is 29.4. The number of urea groups is 1. The molecular weight excluding hydrogens is 581 g/mol. The molecule has 218 valence electrons. The minimum atomic E-state index is -4.76. The number of pyridine rings is 1. The van der Waals surface area contributed by atoms with Crippen LogP contribution in [0.3, 0.4) is 0 Å². The summed E-state index contributed by atoms with van der Waals surface area (Å²) in [5, 5.41) is 0.808. The van der Waals surface area contributed by atoms with Gasteiger partial charge in [0.25, 0.3) is 0 Å². The van der Waals surface area contributed by atoms with Gasteiger partial charge in [0, 0.05) is 64.0 Å². The van der Waals surface area contributed by atoms with Gasteiger partial charge in [-0.1, -0.05) is 41.4 Å². The zero-order valence-corrected chi connectivity index (χ0v) is 23.8. The third-order valence-corrected chi connectivity index (χ3v) is 8.53. The predicted molar refractivity (Wildman–Crippen MR) is 151 cm³/mol. The fourth-order valence-electron chi connectivity index (χ4n) is 5.62. The Bertz CT molecular complexity index is 1390. The van der Waals surface area contributed by atoms with Gasteiger partial charge in [0.2, 0.25) is 0 Å². The van der Waals surface area contributed by atoms with Gasteiger partial charge in [-0.05, 0) is 54.6 Å². The summed E-state index contributed by atoms with van der Waals surface area (Å²) in [4.78, 5) is 25.8. The van der Waals surface area contributed by atoms with Gasteiger partial charge < -0.3 is 14.7 Å². The number of anilines is 1. The molecular formula is C29H29Cl2F4N5O. The van der Waals surface area contributed by atoms with Crippen LogP contribution < -0.4 is 4.90 Å². The van der Waals surface area contributed by atoms with Crippen molar-refractivity contribution in [2.45, 2.75) is 24.7 Å². The van der Waals surface area contributed by atoms with Gasteiger partial charge in [0.15, 0.2) is 0 Å². The number of hydrogen-bond donors (Lipinski definition) is 0. The largest absolute Gasteiger partial charge is 0.419 e. The van der Waals surface area contributed by atoms with Crippen LogP contribution in [0.1, 0.15) is 22.6 Å². The summed E-state index contributed by atoms with van der Waals surface area (Å²) >= 11 is 12.5. The quantitative estimate of drug-likeness (QED) is 0.315. The standard InChI is InChI=1S/C29H29Cl2F4N5O/c1-37(16-19-5-7-22(25(32)14-19)29(33,34)35)26-18-40(17-21(26)20-6-8-23(30)24(31)15-20)28(41)39-12-10-38(11-13-39)27-4-2-3-9-36-27/h2-9,14-15,21,26H,10-13,16-18H2,1H3/t21-,26-/m1/s1. The molecule has 2 atom stereocenters. The smallest absolute Gasteiger partial charge is 0.353 e. The number of likely N-dealkylation sites (N-methyl/N-ethyl adjacent to an activating group) is 1. The number of aromatic nitrogens is 1. The first-order valence-corrected chi connectivity index (χ1v) is 14.0. The van der Waals surface area contributed by atoms with Crippen molar-refractivity contribution in [1.82, 2.24) is 19.7 Å². The summed E-state index contributed by atoms with van der Waals surface area (Å²) in [6, 6.07) is 13.8. The highest BCUT2D eigenvalue weighted by Crippen LogP contribution is 2.36. The number of likely N-dealkylation sites (tertiary alicyclic amines) is 1. The third kappa shape index (κ3) is 6.55. The van der Waals surface area contributed by atoms with E-state index in [0.717, 1.165) is 23.5 Å². The Morgan fingerprint density at radius 3 is 2.37 bits per heavy atom. The van der Waals surface area contributed by atoms with Crippen LogP contribution in [0.2, 0.25) is 10.0 Å². The Labute approximate surface area is 246 Å². The Kier molecular flexibility index (Phi) is 8.63. The molecule has 0 aliphatic carbocycles. The Morgan fingerprint density at radius 2 is 1.73 bits per heavy atom. The average molecular weight is 610 g/mol. The number of piperazine rings is 1. The molecule has 1 aromatic heterocycles. The average Bonchev–Trinajstić information content (AvgIpc) is 3.40. The summed E-state index contributed by atoms with van der Waals surface area (Å²) in [6.07, 6.45) is -3.02. The Hall–Kier alpha value is -3.08. The lowest BCUT2D eigenvalue weighted by Crippen LogP contribution is -2.53. The first-order chi connectivity index (χ1) is 19.5. The number of halogens is 6. The molecule has 2 saturated heterocycles. The number of carbonyl (C=O) groups excluding carboxylic acids is 1. The maximum absolute atomic E-state index is 14.3. The van der Waals surface area contributed by atoms with Crippen molar-refractivity contribution in [1.29, 1.82) is 0 Å². The van der Waals surface area contributed by atoms with Gasteiger partial charge in [0.1, 0.15) is 11.6 Å². The predicted octanol–water partition coefficient (Wildman–Crippen LogP) is 6.39. The molecule has 0 radical (unpaired) electrons. The number of nitrogens with zero attached hydrogens (tertiary/aromatic N) is 5. The van der Waals surface area contributed by atoms with Crippen LogP contribution in [0.15, 0.2) is 60.8 Å². The number of carbonyl (C=O) groups is 1. The SMILES string of the molecule is CN(Cc1ccc(C(F)(F)F)c(F)c1)[C@@H]1CN(C(=O)N2CCN(c3ccccn3)CC2)C[C@@H]1c1ccc(Cl)c(Cl)c1. The van der Waals surface area contributed by atoms with E-state index in [1.807, 2.05) is 41.1 Å². The van der Waals surface area contributed by atoms with Crippen molar-refractivity contribution in [3.63, 3.8) is 0 Å². The fraction of sp³-hybridized carbons (Fsp3) is 0.379. The number of alkyl halides is 3. The number of hydrogen-bond acceptors (Lipinski definition) is 4. The van der Waals surface area contributed by atoms with Crippen LogP contribution in [0.25, 0.3) is 0 Å². The maximum atomic E-state index is 14.3. The van der Waals surface area contributed by atoms with Crippen molar-refractivity contribution < 1.29 is 22.4 Å². The van der Waals surface area contributed by atoms with Crippen LogP contribution in [-0.2, 0) is 12.7 Å². The van der Waals surface area contributed by atoms with Gasteiger partial charge >= 0.3 is 12.2 Å². The summed E-state index contributed by atoms with van der Waals surface area (Å²) in [6.45, 7) is 3.44. The normalized spacial score (nSPS) is 19.8. The zero-order chi connectivity index (χ0) is 29.3. The van der Waals surface area contributed by atoms with E-state index in [1.54, 1.807) is 23.2 Å². The second-order valence-corrected chi connectivity index (χ2v) is 11.2. The molecule has 2 aliphatic rings. The highest BCUT2D eigenvalue weighted by molar-refractivity contribution is 6.42. The van der Waals surface area contributed by atoms with Crippen LogP contribution in [-0.4, -0.2) is 78.1 Å². The lowest BCUT2D eigenvalue weighted by molar-refractivity contribution is -0.140.